The summed E-state index contributed by atoms with van der Waals surface area (Å²) in [6, 6.07) is 12.4. The summed E-state index contributed by atoms with van der Waals surface area (Å²) in [6.07, 6.45) is 2.95. The molecule has 3 rings (SSSR count). The van der Waals surface area contributed by atoms with Crippen LogP contribution in [0.25, 0.3) is 17.4 Å². The van der Waals surface area contributed by atoms with Gasteiger partial charge in [-0.2, -0.15) is 0 Å². The number of halogens is 3. The molecule has 26 heavy (non-hydrogen) atoms. The van der Waals surface area contributed by atoms with Gasteiger partial charge in [-0.15, -0.1) is 0 Å². The van der Waals surface area contributed by atoms with Gasteiger partial charge in [0.25, 0.3) is 0 Å². The van der Waals surface area contributed by atoms with Gasteiger partial charge in [0.05, 0.1) is 15.7 Å². The van der Waals surface area contributed by atoms with E-state index in [2.05, 4.69) is 26.2 Å². The first-order valence-corrected chi connectivity index (χ1v) is 9.15. The van der Waals surface area contributed by atoms with Gasteiger partial charge in [0.2, 0.25) is 5.91 Å². The number of carbonyl (C=O) groups is 1. The van der Waals surface area contributed by atoms with Crippen LogP contribution < -0.4 is 5.32 Å². The fourth-order valence-electron chi connectivity index (χ4n) is 2.22. The molecule has 7 heteroatoms. The largest absolute Gasteiger partial charge is 0.457 e. The lowest BCUT2D eigenvalue weighted by molar-refractivity contribution is -0.111. The number of hydrogen-bond acceptors (Lipinski definition) is 3. The Labute approximate surface area is 169 Å². The van der Waals surface area contributed by atoms with Crippen LogP contribution in [0.15, 0.2) is 57.4 Å². The first-order valence-electron chi connectivity index (χ1n) is 7.60. The van der Waals surface area contributed by atoms with Crippen molar-refractivity contribution in [1.82, 2.24) is 4.98 Å². The van der Waals surface area contributed by atoms with Crippen molar-refractivity contribution in [2.75, 3.05) is 5.32 Å². The minimum absolute atomic E-state index is 0.307. The fraction of sp³-hybridized carbons (Fsp3) is 0.0526. The van der Waals surface area contributed by atoms with Gasteiger partial charge in [-0.05, 0) is 65.3 Å². The van der Waals surface area contributed by atoms with Crippen molar-refractivity contribution >= 4 is 56.9 Å². The Morgan fingerprint density at radius 2 is 2.00 bits per heavy atom. The maximum Gasteiger partial charge on any atom is 0.249 e. The Balaban J connectivity index is 1.71. The summed E-state index contributed by atoms with van der Waals surface area (Å²) in [7, 11) is 0. The minimum Gasteiger partial charge on any atom is -0.457 e. The number of anilines is 1. The molecule has 2 aromatic heterocycles. The van der Waals surface area contributed by atoms with Crippen molar-refractivity contribution in [2.45, 2.75) is 6.92 Å². The van der Waals surface area contributed by atoms with Gasteiger partial charge in [-0.1, -0.05) is 29.3 Å². The van der Waals surface area contributed by atoms with Gasteiger partial charge in [-0.3, -0.25) is 4.79 Å². The van der Waals surface area contributed by atoms with Crippen molar-refractivity contribution in [3.05, 3.63) is 74.5 Å². The van der Waals surface area contributed by atoms with Crippen LogP contribution in [0.2, 0.25) is 10.0 Å². The maximum atomic E-state index is 12.0. The van der Waals surface area contributed by atoms with Crippen molar-refractivity contribution in [3.8, 4) is 11.3 Å². The first-order chi connectivity index (χ1) is 12.4. The normalized spacial score (nSPS) is 11.1. The molecule has 0 fully saturated rings. The van der Waals surface area contributed by atoms with Crippen LogP contribution in [-0.2, 0) is 4.79 Å². The fourth-order valence-corrected chi connectivity index (χ4v) is 2.84. The van der Waals surface area contributed by atoms with Crippen LogP contribution in [0.5, 0.6) is 0 Å². The number of nitrogens with zero attached hydrogens (tertiary/aromatic N) is 1. The molecule has 0 aliphatic rings. The molecule has 0 aliphatic carbocycles. The van der Waals surface area contributed by atoms with Crippen molar-refractivity contribution in [3.63, 3.8) is 0 Å². The summed E-state index contributed by atoms with van der Waals surface area (Å²) in [5, 5.41) is 3.57. The summed E-state index contributed by atoms with van der Waals surface area (Å²) in [5.74, 6) is 1.26. The Bertz CT molecular complexity index is 999. The van der Waals surface area contributed by atoms with Gasteiger partial charge < -0.3 is 9.73 Å². The Hall–Kier alpha value is -2.08. The SMILES string of the molecule is Cc1nc(NC(=O)C=Cc2ccc(-c3cccc(Cl)c3Cl)o2)ccc1Br. The van der Waals surface area contributed by atoms with Crippen LogP contribution in [0.1, 0.15) is 11.5 Å². The first kappa shape index (κ1) is 18.7. The van der Waals surface area contributed by atoms with Crippen LogP contribution in [0.3, 0.4) is 0 Å². The summed E-state index contributed by atoms with van der Waals surface area (Å²) in [6.45, 7) is 1.85. The monoisotopic (exact) mass is 450 g/mol. The zero-order valence-electron chi connectivity index (χ0n) is 13.6. The van der Waals surface area contributed by atoms with Crippen LogP contribution in [-0.4, -0.2) is 10.9 Å². The molecule has 3 aromatic rings. The van der Waals surface area contributed by atoms with Crippen LogP contribution in [0, 0.1) is 6.92 Å². The second kappa shape index (κ2) is 8.08. The topological polar surface area (TPSA) is 55.1 Å². The molecular formula is C19H13BrCl2N2O2. The van der Waals surface area contributed by atoms with E-state index in [4.69, 9.17) is 27.6 Å². The Morgan fingerprint density at radius 1 is 1.19 bits per heavy atom. The molecule has 0 saturated carbocycles. The molecule has 0 saturated heterocycles. The summed E-state index contributed by atoms with van der Waals surface area (Å²) in [4.78, 5) is 16.3. The lowest BCUT2D eigenvalue weighted by Gasteiger charge is -2.03. The van der Waals surface area contributed by atoms with E-state index in [1.807, 2.05) is 19.1 Å². The predicted octanol–water partition coefficient (Wildman–Crippen LogP) is 6.37. The minimum atomic E-state index is -0.307. The molecule has 2 heterocycles. The molecule has 132 valence electrons. The lowest BCUT2D eigenvalue weighted by atomic mass is 10.2. The van der Waals surface area contributed by atoms with Crippen LogP contribution in [0.4, 0.5) is 5.82 Å². The number of aryl methyl sites for hydroxylation is 1. The molecule has 0 bridgehead atoms. The number of pyridine rings is 1. The number of hydrogen-bond donors (Lipinski definition) is 1. The molecule has 1 N–H and O–H groups in total. The third kappa shape index (κ3) is 4.36. The second-order valence-electron chi connectivity index (χ2n) is 5.39. The highest BCUT2D eigenvalue weighted by Crippen LogP contribution is 2.34. The summed E-state index contributed by atoms with van der Waals surface area (Å²) < 4.78 is 6.59. The average Bonchev–Trinajstić information content (AvgIpc) is 3.07. The quantitative estimate of drug-likeness (QED) is 0.468. The molecule has 1 aromatic carbocycles. The molecule has 4 nitrogen and oxygen atoms in total. The predicted molar refractivity (Wildman–Crippen MR) is 109 cm³/mol. The lowest BCUT2D eigenvalue weighted by Crippen LogP contribution is -2.09. The molecular weight excluding hydrogens is 439 g/mol. The van der Waals surface area contributed by atoms with Gasteiger partial charge in [0, 0.05) is 16.1 Å². The van der Waals surface area contributed by atoms with Gasteiger partial charge in [0.1, 0.15) is 17.3 Å². The number of furan rings is 1. The number of aromatic nitrogens is 1. The van der Waals surface area contributed by atoms with Crippen molar-refractivity contribution < 1.29 is 9.21 Å². The second-order valence-corrected chi connectivity index (χ2v) is 7.03. The number of amides is 1. The van der Waals surface area contributed by atoms with Crippen molar-refractivity contribution in [2.24, 2.45) is 0 Å². The van der Waals surface area contributed by atoms with Gasteiger partial charge in [0.15, 0.2) is 0 Å². The Morgan fingerprint density at radius 3 is 2.77 bits per heavy atom. The van der Waals surface area contributed by atoms with E-state index in [1.54, 1.807) is 36.4 Å². The molecule has 0 unspecified atom stereocenters. The highest BCUT2D eigenvalue weighted by Gasteiger charge is 2.10. The van der Waals surface area contributed by atoms with E-state index >= 15 is 0 Å². The highest BCUT2D eigenvalue weighted by atomic mass is 79.9. The van der Waals surface area contributed by atoms with Crippen molar-refractivity contribution in [1.29, 1.82) is 0 Å². The van der Waals surface area contributed by atoms with Gasteiger partial charge >= 0.3 is 0 Å². The van der Waals surface area contributed by atoms with E-state index in [0.717, 1.165) is 10.2 Å². The summed E-state index contributed by atoms with van der Waals surface area (Å²) in [5.41, 5.74) is 1.48. The molecule has 0 radical (unpaired) electrons. The Kier molecular flexibility index (Phi) is 5.81. The molecule has 0 spiro atoms. The van der Waals surface area contributed by atoms with Gasteiger partial charge in [-0.25, -0.2) is 4.98 Å². The van der Waals surface area contributed by atoms with E-state index in [-0.39, 0.29) is 5.91 Å². The van der Waals surface area contributed by atoms with E-state index in [1.165, 1.54) is 6.08 Å². The third-order valence-corrected chi connectivity index (χ3v) is 5.17. The van der Waals surface area contributed by atoms with E-state index in [9.17, 15) is 4.79 Å². The van der Waals surface area contributed by atoms with E-state index in [0.29, 0.717) is 32.9 Å². The summed E-state index contributed by atoms with van der Waals surface area (Å²) >= 11 is 15.6. The number of benzene rings is 1. The highest BCUT2D eigenvalue weighted by molar-refractivity contribution is 9.10. The molecule has 0 atom stereocenters. The average molecular weight is 452 g/mol. The molecule has 0 aliphatic heterocycles. The van der Waals surface area contributed by atoms with Crippen LogP contribution >= 0.6 is 39.1 Å². The molecule has 1 amide bonds. The number of rotatable bonds is 4. The third-order valence-electron chi connectivity index (χ3n) is 3.52. The zero-order chi connectivity index (χ0) is 18.7. The zero-order valence-corrected chi connectivity index (χ0v) is 16.7. The standard InChI is InChI=1S/C19H13BrCl2N2O2/c1-11-14(20)7-9-17(23-11)24-18(25)10-6-12-5-8-16(26-12)13-3-2-4-15(21)19(13)22/h2-10H,1H3,(H,23,24,25). The number of nitrogens with one attached hydrogen (secondary N) is 1. The van der Waals surface area contributed by atoms with E-state index < -0.39 is 0 Å². The maximum absolute atomic E-state index is 12.0. The smallest absolute Gasteiger partial charge is 0.249 e. The number of carbonyl (C=O) groups excluding carboxylic acids is 1.